The number of hydrogen-bond acceptors (Lipinski definition) is 3. The predicted molar refractivity (Wildman–Crippen MR) is 73.6 cm³/mol. The van der Waals surface area contributed by atoms with Crippen LogP contribution in [0, 0.1) is 0 Å². The number of carboxylic acid groups (broad SMARTS) is 1. The van der Waals surface area contributed by atoms with Gasteiger partial charge < -0.3 is 10.4 Å². The van der Waals surface area contributed by atoms with E-state index < -0.39 is 5.97 Å². The first-order chi connectivity index (χ1) is 8.19. The molecule has 0 aromatic heterocycles. The Balaban J connectivity index is 2.37. The zero-order valence-electron chi connectivity index (χ0n) is 10.7. The lowest BCUT2D eigenvalue weighted by atomic mass is 10.2. The summed E-state index contributed by atoms with van der Waals surface area (Å²) in [7, 11) is 0. The minimum absolute atomic E-state index is 0.509. The predicted octanol–water partition coefficient (Wildman–Crippen LogP) is 2.67. The second-order valence-electron chi connectivity index (χ2n) is 4.33. The Bertz CT molecular complexity index is 279. The quantitative estimate of drug-likeness (QED) is 0.688. The molecule has 1 aliphatic carbocycles. The minimum Gasteiger partial charge on any atom is -0.478 e. The molecule has 2 N–H and O–H groups in total. The van der Waals surface area contributed by atoms with Crippen molar-refractivity contribution < 1.29 is 9.90 Å². The highest BCUT2D eigenvalue weighted by atomic mass is 32.2. The van der Waals surface area contributed by atoms with Crippen molar-refractivity contribution in [3.05, 3.63) is 11.6 Å². The summed E-state index contributed by atoms with van der Waals surface area (Å²) in [5, 5.41) is 13.1. The number of carbonyl (C=O) groups is 1. The maximum atomic E-state index is 10.8. The molecule has 1 aliphatic rings. The van der Waals surface area contributed by atoms with Crippen molar-refractivity contribution in [3.63, 3.8) is 0 Å². The van der Waals surface area contributed by atoms with Gasteiger partial charge in [0.2, 0.25) is 0 Å². The second kappa shape index (κ2) is 7.77. The summed E-state index contributed by atoms with van der Waals surface area (Å²) in [6, 6.07) is 0.558. The van der Waals surface area contributed by atoms with Crippen molar-refractivity contribution in [3.8, 4) is 0 Å². The molecule has 0 aromatic carbocycles. The molecule has 1 saturated carbocycles. The Hall–Kier alpha value is -0.480. The van der Waals surface area contributed by atoms with Gasteiger partial charge in [0, 0.05) is 23.4 Å². The van der Waals surface area contributed by atoms with Crippen LogP contribution in [0.1, 0.15) is 39.5 Å². The highest BCUT2D eigenvalue weighted by Gasteiger charge is 2.26. The molecule has 2 atom stereocenters. The number of nitrogens with one attached hydrogen (secondary N) is 1. The first-order valence-corrected chi connectivity index (χ1v) is 7.51. The molecule has 98 valence electrons. The highest BCUT2D eigenvalue weighted by Crippen LogP contribution is 2.29. The highest BCUT2D eigenvalue weighted by molar-refractivity contribution is 7.99. The standard InChI is InChI=1S/C13H23NO2S/c1-3-10(13(15)16)8-9-14-11-6-5-7-12(11)17-4-2/h8,11-12,14H,3-7,9H2,1-2H3,(H,15,16)/b10-8-. The Kier molecular flexibility index (Phi) is 6.66. The summed E-state index contributed by atoms with van der Waals surface area (Å²) in [6.45, 7) is 4.76. The Morgan fingerprint density at radius 3 is 2.82 bits per heavy atom. The van der Waals surface area contributed by atoms with Gasteiger partial charge >= 0.3 is 5.97 Å². The maximum absolute atomic E-state index is 10.8. The van der Waals surface area contributed by atoms with Crippen molar-refractivity contribution in [2.75, 3.05) is 12.3 Å². The van der Waals surface area contributed by atoms with Crippen LogP contribution in [0.5, 0.6) is 0 Å². The van der Waals surface area contributed by atoms with Crippen molar-refractivity contribution >= 4 is 17.7 Å². The van der Waals surface area contributed by atoms with Crippen molar-refractivity contribution in [2.24, 2.45) is 0 Å². The first-order valence-electron chi connectivity index (χ1n) is 6.46. The molecular weight excluding hydrogens is 234 g/mol. The maximum Gasteiger partial charge on any atom is 0.331 e. The van der Waals surface area contributed by atoms with E-state index in [1.54, 1.807) is 0 Å². The van der Waals surface area contributed by atoms with Gasteiger partial charge in [-0.15, -0.1) is 0 Å². The van der Waals surface area contributed by atoms with E-state index in [-0.39, 0.29) is 0 Å². The molecule has 3 nitrogen and oxygen atoms in total. The molecule has 0 bridgehead atoms. The van der Waals surface area contributed by atoms with Crippen molar-refractivity contribution in [1.29, 1.82) is 0 Å². The molecule has 0 radical (unpaired) electrons. The largest absolute Gasteiger partial charge is 0.478 e. The van der Waals surface area contributed by atoms with Crippen LogP contribution in [0.2, 0.25) is 0 Å². The van der Waals surface area contributed by atoms with Gasteiger partial charge in [0.15, 0.2) is 0 Å². The molecule has 0 aliphatic heterocycles. The number of rotatable bonds is 7. The molecule has 1 rings (SSSR count). The Morgan fingerprint density at radius 2 is 2.24 bits per heavy atom. The van der Waals surface area contributed by atoms with Crippen LogP contribution in [0.3, 0.4) is 0 Å². The molecule has 0 heterocycles. The lowest BCUT2D eigenvalue weighted by molar-refractivity contribution is -0.132. The number of thioether (sulfide) groups is 1. The average Bonchev–Trinajstić information content (AvgIpc) is 2.72. The summed E-state index contributed by atoms with van der Waals surface area (Å²) in [5.41, 5.74) is 0.509. The fraction of sp³-hybridized carbons (Fsp3) is 0.769. The van der Waals surface area contributed by atoms with E-state index in [1.165, 1.54) is 19.3 Å². The summed E-state index contributed by atoms with van der Waals surface area (Å²) in [6.07, 6.45) is 6.21. The zero-order valence-corrected chi connectivity index (χ0v) is 11.6. The lowest BCUT2D eigenvalue weighted by Gasteiger charge is -2.19. The fourth-order valence-electron chi connectivity index (χ4n) is 2.29. The van der Waals surface area contributed by atoms with E-state index in [0.29, 0.717) is 29.8 Å². The van der Waals surface area contributed by atoms with Gasteiger partial charge in [-0.2, -0.15) is 11.8 Å². The molecule has 1 fully saturated rings. The SMILES string of the molecule is CCSC1CCCC1NC/C=C(/CC)C(=O)O. The monoisotopic (exact) mass is 257 g/mol. The Labute approximate surface area is 108 Å². The van der Waals surface area contributed by atoms with Crippen molar-refractivity contribution in [1.82, 2.24) is 5.32 Å². The number of carboxylic acids is 1. The van der Waals surface area contributed by atoms with Crippen LogP contribution in [-0.2, 0) is 4.79 Å². The van der Waals surface area contributed by atoms with Gasteiger partial charge in [-0.3, -0.25) is 0 Å². The molecular formula is C13H23NO2S. The minimum atomic E-state index is -0.791. The van der Waals surface area contributed by atoms with E-state index in [0.717, 1.165) is 5.75 Å². The van der Waals surface area contributed by atoms with Gasteiger partial charge in [-0.1, -0.05) is 26.3 Å². The van der Waals surface area contributed by atoms with E-state index >= 15 is 0 Å². The third kappa shape index (κ3) is 4.72. The molecule has 4 heteroatoms. The van der Waals surface area contributed by atoms with Gasteiger partial charge in [-0.25, -0.2) is 4.79 Å². The molecule has 0 spiro atoms. The Morgan fingerprint density at radius 1 is 1.47 bits per heavy atom. The van der Waals surface area contributed by atoms with Crippen LogP contribution < -0.4 is 5.32 Å². The summed E-state index contributed by atoms with van der Waals surface area (Å²) >= 11 is 2.02. The third-order valence-electron chi connectivity index (χ3n) is 3.22. The van der Waals surface area contributed by atoms with Gasteiger partial charge in [0.1, 0.15) is 0 Å². The summed E-state index contributed by atoms with van der Waals surface area (Å²) < 4.78 is 0. The van der Waals surface area contributed by atoms with E-state index in [9.17, 15) is 4.79 Å². The summed E-state index contributed by atoms with van der Waals surface area (Å²) in [5.74, 6) is 0.369. The van der Waals surface area contributed by atoms with Crippen LogP contribution >= 0.6 is 11.8 Å². The zero-order chi connectivity index (χ0) is 12.7. The molecule has 0 saturated heterocycles. The van der Waals surface area contributed by atoms with Crippen LogP contribution in [0.25, 0.3) is 0 Å². The number of aliphatic carboxylic acids is 1. The lowest BCUT2D eigenvalue weighted by Crippen LogP contribution is -2.34. The van der Waals surface area contributed by atoms with Gasteiger partial charge in [0.25, 0.3) is 0 Å². The van der Waals surface area contributed by atoms with Gasteiger partial charge in [0.05, 0.1) is 0 Å². The third-order valence-corrected chi connectivity index (χ3v) is 4.54. The van der Waals surface area contributed by atoms with Crippen LogP contribution in [0.15, 0.2) is 11.6 Å². The first kappa shape index (κ1) is 14.6. The molecule has 2 unspecified atom stereocenters. The molecule has 17 heavy (non-hydrogen) atoms. The van der Waals surface area contributed by atoms with Crippen molar-refractivity contribution in [2.45, 2.75) is 50.8 Å². The average molecular weight is 257 g/mol. The van der Waals surface area contributed by atoms with E-state index in [2.05, 4.69) is 12.2 Å². The summed E-state index contributed by atoms with van der Waals surface area (Å²) in [4.78, 5) is 10.8. The second-order valence-corrected chi connectivity index (χ2v) is 5.84. The molecule has 0 amide bonds. The normalized spacial score (nSPS) is 25.2. The topological polar surface area (TPSA) is 49.3 Å². The smallest absolute Gasteiger partial charge is 0.331 e. The van der Waals surface area contributed by atoms with E-state index in [1.807, 2.05) is 24.8 Å². The van der Waals surface area contributed by atoms with E-state index in [4.69, 9.17) is 5.11 Å². The van der Waals surface area contributed by atoms with Crippen LogP contribution in [-0.4, -0.2) is 34.7 Å². The van der Waals surface area contributed by atoms with Gasteiger partial charge in [-0.05, 0) is 25.0 Å². The van der Waals surface area contributed by atoms with Crippen LogP contribution in [0.4, 0.5) is 0 Å². The number of hydrogen-bond donors (Lipinski definition) is 2. The fourth-order valence-corrected chi connectivity index (χ4v) is 3.52. The molecule has 0 aromatic rings.